The number of carbonyl (C=O) groups excluding carboxylic acids is 1. The molecule has 2 unspecified atom stereocenters. The Balaban J connectivity index is 1.77. The highest BCUT2D eigenvalue weighted by Crippen LogP contribution is 2.28. The van der Waals surface area contributed by atoms with Crippen LogP contribution in [0.2, 0.25) is 0 Å². The molecule has 1 aromatic carbocycles. The Morgan fingerprint density at radius 2 is 2.05 bits per heavy atom. The maximum atomic E-state index is 12.6. The van der Waals surface area contributed by atoms with Crippen molar-refractivity contribution in [2.45, 2.75) is 25.4 Å². The first-order valence-electron chi connectivity index (χ1n) is 7.73. The Hall–Kier alpha value is -2.07. The molecule has 2 aromatic rings. The highest BCUT2D eigenvalue weighted by Gasteiger charge is 2.29. The Bertz CT molecular complexity index is 635. The highest BCUT2D eigenvalue weighted by atomic mass is 16.3. The molecule has 4 heteroatoms. The summed E-state index contributed by atoms with van der Waals surface area (Å²) >= 11 is 0. The van der Waals surface area contributed by atoms with Gasteiger partial charge in [0.1, 0.15) is 0 Å². The molecule has 0 radical (unpaired) electrons. The molecule has 1 amide bonds. The predicted molar refractivity (Wildman–Crippen MR) is 84.5 cm³/mol. The molecular weight excluding hydrogens is 278 g/mol. The molecule has 2 atom stereocenters. The van der Waals surface area contributed by atoms with Gasteiger partial charge in [0.2, 0.25) is 0 Å². The van der Waals surface area contributed by atoms with Crippen molar-refractivity contribution in [2.24, 2.45) is 5.92 Å². The van der Waals surface area contributed by atoms with Crippen LogP contribution in [0.1, 0.15) is 29.8 Å². The van der Waals surface area contributed by atoms with Gasteiger partial charge in [0.15, 0.2) is 5.76 Å². The van der Waals surface area contributed by atoms with E-state index in [0.717, 1.165) is 30.4 Å². The summed E-state index contributed by atoms with van der Waals surface area (Å²) in [6.07, 6.45) is 4.10. The average Bonchev–Trinajstić information content (AvgIpc) is 3.17. The highest BCUT2D eigenvalue weighted by molar-refractivity contribution is 5.98. The normalized spacial score (nSPS) is 21.0. The molecule has 0 saturated heterocycles. The summed E-state index contributed by atoms with van der Waals surface area (Å²) in [4.78, 5) is 14.3. The van der Waals surface area contributed by atoms with Crippen molar-refractivity contribution in [3.8, 4) is 11.1 Å². The minimum absolute atomic E-state index is 0.136. The van der Waals surface area contributed by atoms with Crippen LogP contribution in [0.4, 0.5) is 0 Å². The summed E-state index contributed by atoms with van der Waals surface area (Å²) in [6, 6.07) is 11.6. The monoisotopic (exact) mass is 299 g/mol. The number of aliphatic hydroxyl groups excluding tert-OH is 1. The third-order valence-corrected chi connectivity index (χ3v) is 4.42. The van der Waals surface area contributed by atoms with E-state index in [1.807, 2.05) is 36.4 Å². The van der Waals surface area contributed by atoms with Crippen molar-refractivity contribution < 1.29 is 14.3 Å². The van der Waals surface area contributed by atoms with Crippen LogP contribution in [-0.4, -0.2) is 35.6 Å². The van der Waals surface area contributed by atoms with Crippen molar-refractivity contribution >= 4 is 5.91 Å². The molecule has 0 spiro atoms. The number of benzene rings is 1. The van der Waals surface area contributed by atoms with Crippen molar-refractivity contribution in [1.29, 1.82) is 0 Å². The first kappa shape index (κ1) is 14.9. The summed E-state index contributed by atoms with van der Waals surface area (Å²) in [6.45, 7) is 0.564. The van der Waals surface area contributed by atoms with Gasteiger partial charge in [-0.2, -0.15) is 0 Å². The van der Waals surface area contributed by atoms with E-state index in [1.165, 1.54) is 0 Å². The van der Waals surface area contributed by atoms with Crippen LogP contribution in [0, 0.1) is 5.92 Å². The molecule has 0 aliphatic heterocycles. The zero-order valence-electron chi connectivity index (χ0n) is 12.7. The van der Waals surface area contributed by atoms with E-state index in [9.17, 15) is 9.90 Å². The number of hydrogen-bond donors (Lipinski definition) is 1. The van der Waals surface area contributed by atoms with Gasteiger partial charge in [-0.3, -0.25) is 4.79 Å². The fraction of sp³-hybridized carbons (Fsp3) is 0.389. The van der Waals surface area contributed by atoms with Crippen LogP contribution in [0.15, 0.2) is 47.1 Å². The fourth-order valence-electron chi connectivity index (χ4n) is 3.16. The zero-order chi connectivity index (χ0) is 15.5. The summed E-state index contributed by atoms with van der Waals surface area (Å²) in [5.41, 5.74) is 1.78. The summed E-state index contributed by atoms with van der Waals surface area (Å²) < 4.78 is 5.44. The molecule has 1 aliphatic carbocycles. The Labute approximate surface area is 130 Å². The average molecular weight is 299 g/mol. The number of rotatable bonds is 4. The van der Waals surface area contributed by atoms with Gasteiger partial charge in [-0.05, 0) is 24.5 Å². The van der Waals surface area contributed by atoms with Gasteiger partial charge >= 0.3 is 0 Å². The Morgan fingerprint density at radius 3 is 2.73 bits per heavy atom. The number of nitrogens with zero attached hydrogens (tertiary/aromatic N) is 1. The summed E-state index contributed by atoms with van der Waals surface area (Å²) in [5.74, 6) is 0.397. The minimum atomic E-state index is -0.291. The van der Waals surface area contributed by atoms with Crippen LogP contribution in [0.25, 0.3) is 11.1 Å². The maximum absolute atomic E-state index is 12.6. The van der Waals surface area contributed by atoms with E-state index in [-0.39, 0.29) is 17.9 Å². The second-order valence-electron chi connectivity index (χ2n) is 5.97. The second kappa shape index (κ2) is 6.36. The van der Waals surface area contributed by atoms with Gasteiger partial charge in [-0.1, -0.05) is 36.8 Å². The van der Waals surface area contributed by atoms with Crippen LogP contribution in [0.3, 0.4) is 0 Å². The van der Waals surface area contributed by atoms with Crippen LogP contribution < -0.4 is 0 Å². The van der Waals surface area contributed by atoms with Crippen molar-refractivity contribution in [2.75, 3.05) is 13.6 Å². The van der Waals surface area contributed by atoms with E-state index in [1.54, 1.807) is 18.2 Å². The van der Waals surface area contributed by atoms with Crippen LogP contribution >= 0.6 is 0 Å². The van der Waals surface area contributed by atoms with Crippen molar-refractivity contribution in [3.05, 3.63) is 48.4 Å². The van der Waals surface area contributed by atoms with E-state index in [4.69, 9.17) is 4.42 Å². The lowest BCUT2D eigenvalue weighted by Crippen LogP contribution is -2.34. The molecule has 1 aliphatic rings. The third kappa shape index (κ3) is 2.92. The van der Waals surface area contributed by atoms with Crippen LogP contribution in [0.5, 0.6) is 0 Å². The van der Waals surface area contributed by atoms with Gasteiger partial charge in [-0.25, -0.2) is 0 Å². The van der Waals surface area contributed by atoms with Crippen LogP contribution in [-0.2, 0) is 0 Å². The molecule has 0 bridgehead atoms. The molecule has 1 fully saturated rings. The number of aliphatic hydroxyl groups is 1. The first-order chi connectivity index (χ1) is 10.7. The predicted octanol–water partition coefficient (Wildman–Crippen LogP) is 3.18. The molecule has 1 saturated carbocycles. The molecule has 1 aromatic heterocycles. The van der Waals surface area contributed by atoms with E-state index in [2.05, 4.69) is 0 Å². The fourth-order valence-corrected chi connectivity index (χ4v) is 3.16. The number of furan rings is 1. The number of amides is 1. The molecule has 22 heavy (non-hydrogen) atoms. The quantitative estimate of drug-likeness (QED) is 0.943. The van der Waals surface area contributed by atoms with E-state index in [0.29, 0.717) is 12.3 Å². The lowest BCUT2D eigenvalue weighted by molar-refractivity contribution is 0.0666. The topological polar surface area (TPSA) is 53.7 Å². The largest absolute Gasteiger partial charge is 0.459 e. The molecule has 1 N–H and O–H groups in total. The van der Waals surface area contributed by atoms with Gasteiger partial charge in [-0.15, -0.1) is 0 Å². The number of carbonyl (C=O) groups is 1. The molecule has 3 rings (SSSR count). The SMILES string of the molecule is CN(CC1CCCC1O)C(=O)c1occc1-c1ccccc1. The van der Waals surface area contributed by atoms with E-state index >= 15 is 0 Å². The first-order valence-corrected chi connectivity index (χ1v) is 7.73. The van der Waals surface area contributed by atoms with Gasteiger partial charge in [0.05, 0.1) is 12.4 Å². The van der Waals surface area contributed by atoms with Gasteiger partial charge in [0.25, 0.3) is 5.91 Å². The lowest BCUT2D eigenvalue weighted by Gasteiger charge is -2.22. The number of hydrogen-bond acceptors (Lipinski definition) is 3. The second-order valence-corrected chi connectivity index (χ2v) is 5.97. The van der Waals surface area contributed by atoms with Gasteiger partial charge in [0, 0.05) is 25.1 Å². The van der Waals surface area contributed by atoms with Gasteiger partial charge < -0.3 is 14.4 Å². The zero-order valence-corrected chi connectivity index (χ0v) is 12.7. The lowest BCUT2D eigenvalue weighted by atomic mass is 10.0. The summed E-state index contributed by atoms with van der Waals surface area (Å²) in [7, 11) is 1.77. The van der Waals surface area contributed by atoms with Crippen molar-refractivity contribution in [3.63, 3.8) is 0 Å². The molecular formula is C18H21NO3. The summed E-state index contributed by atoms with van der Waals surface area (Å²) in [5, 5.41) is 9.92. The molecule has 116 valence electrons. The molecule has 4 nitrogen and oxygen atoms in total. The third-order valence-electron chi connectivity index (χ3n) is 4.42. The maximum Gasteiger partial charge on any atom is 0.289 e. The smallest absolute Gasteiger partial charge is 0.289 e. The Morgan fingerprint density at radius 1 is 1.27 bits per heavy atom. The molecule has 1 heterocycles. The Kier molecular flexibility index (Phi) is 4.29. The van der Waals surface area contributed by atoms with Crippen molar-refractivity contribution in [1.82, 2.24) is 4.90 Å². The van der Waals surface area contributed by atoms with E-state index < -0.39 is 0 Å². The standard InChI is InChI=1S/C18H21NO3/c1-19(12-14-8-5-9-16(14)20)18(21)17-15(10-11-22-17)13-6-3-2-4-7-13/h2-4,6-7,10-11,14,16,20H,5,8-9,12H2,1H3. The minimum Gasteiger partial charge on any atom is -0.459 e.